The van der Waals surface area contributed by atoms with Crippen LogP contribution in [0.1, 0.15) is 65.2 Å². The molecule has 3 nitrogen and oxygen atoms in total. The van der Waals surface area contributed by atoms with E-state index in [0.29, 0.717) is 6.42 Å². The first kappa shape index (κ1) is 14.5. The number of aliphatic hydroxyl groups excluding tert-OH is 1. The van der Waals surface area contributed by atoms with Crippen LogP contribution in [-0.4, -0.2) is 23.2 Å². The molecule has 1 aliphatic carbocycles. The van der Waals surface area contributed by atoms with E-state index in [1.165, 1.54) is 25.7 Å². The molecule has 0 aliphatic heterocycles. The lowest BCUT2D eigenvalue weighted by molar-refractivity contribution is -0.127. The van der Waals surface area contributed by atoms with Crippen LogP contribution in [0.5, 0.6) is 0 Å². The van der Waals surface area contributed by atoms with Gasteiger partial charge in [-0.15, -0.1) is 0 Å². The average Bonchev–Trinajstić information content (AvgIpc) is 2.57. The summed E-state index contributed by atoms with van der Waals surface area (Å²) in [7, 11) is 0. The fraction of sp³-hybridized carbons (Fsp3) is 0.929. The predicted octanol–water partition coefficient (Wildman–Crippen LogP) is 2.62. The highest BCUT2D eigenvalue weighted by Crippen LogP contribution is 2.24. The summed E-state index contributed by atoms with van der Waals surface area (Å²) in [6.45, 7) is 4.22. The van der Waals surface area contributed by atoms with Gasteiger partial charge in [0.15, 0.2) is 0 Å². The number of carbonyl (C=O) groups excluding carboxylic acids is 1. The van der Waals surface area contributed by atoms with Crippen LogP contribution in [0.4, 0.5) is 0 Å². The third kappa shape index (κ3) is 4.66. The Hall–Kier alpha value is -0.570. The fourth-order valence-electron chi connectivity index (χ4n) is 2.52. The summed E-state index contributed by atoms with van der Waals surface area (Å²) in [6.07, 6.45) is 8.47. The standard InChI is InChI=1S/C14H27NO2/c1-3-14(2,10-11-16)15-13(17)12-8-6-4-5-7-9-12/h12,16H,3-11H2,1-2H3,(H,15,17)/t14-/m1/s1. The maximum Gasteiger partial charge on any atom is 0.223 e. The second-order valence-electron chi connectivity index (χ2n) is 5.57. The van der Waals surface area contributed by atoms with Crippen LogP contribution in [-0.2, 0) is 4.79 Å². The molecule has 100 valence electrons. The van der Waals surface area contributed by atoms with E-state index in [0.717, 1.165) is 19.3 Å². The molecule has 1 saturated carbocycles. The van der Waals surface area contributed by atoms with Crippen molar-refractivity contribution in [2.24, 2.45) is 5.92 Å². The Kier molecular flexibility index (Phi) is 5.96. The van der Waals surface area contributed by atoms with Crippen LogP contribution in [0.3, 0.4) is 0 Å². The maximum absolute atomic E-state index is 12.2. The van der Waals surface area contributed by atoms with Crippen LogP contribution in [0.15, 0.2) is 0 Å². The van der Waals surface area contributed by atoms with Gasteiger partial charge in [-0.2, -0.15) is 0 Å². The highest BCUT2D eigenvalue weighted by atomic mass is 16.3. The van der Waals surface area contributed by atoms with Gasteiger partial charge in [0.2, 0.25) is 5.91 Å². The van der Waals surface area contributed by atoms with Crippen molar-refractivity contribution >= 4 is 5.91 Å². The van der Waals surface area contributed by atoms with Crippen LogP contribution in [0.2, 0.25) is 0 Å². The molecule has 0 heterocycles. The minimum Gasteiger partial charge on any atom is -0.396 e. The predicted molar refractivity (Wildman–Crippen MR) is 69.7 cm³/mol. The minimum atomic E-state index is -0.238. The summed E-state index contributed by atoms with van der Waals surface area (Å²) in [5.74, 6) is 0.395. The van der Waals surface area contributed by atoms with Crippen LogP contribution in [0.25, 0.3) is 0 Å². The first-order valence-corrected chi connectivity index (χ1v) is 7.04. The van der Waals surface area contributed by atoms with Crippen LogP contribution >= 0.6 is 0 Å². The molecule has 17 heavy (non-hydrogen) atoms. The van der Waals surface area contributed by atoms with Gasteiger partial charge in [0.05, 0.1) is 0 Å². The van der Waals surface area contributed by atoms with Crippen molar-refractivity contribution in [2.45, 2.75) is 70.8 Å². The molecule has 0 spiro atoms. The molecule has 0 bridgehead atoms. The summed E-state index contributed by atoms with van der Waals surface area (Å²) in [6, 6.07) is 0. The van der Waals surface area contributed by atoms with E-state index in [1.807, 2.05) is 6.92 Å². The number of carbonyl (C=O) groups is 1. The summed E-state index contributed by atoms with van der Waals surface area (Å²) in [5, 5.41) is 12.2. The van der Waals surface area contributed by atoms with Gasteiger partial charge in [-0.1, -0.05) is 32.6 Å². The number of rotatable bonds is 5. The Bertz CT molecular complexity index is 234. The molecule has 1 aliphatic rings. The van der Waals surface area contributed by atoms with Crippen LogP contribution < -0.4 is 5.32 Å². The van der Waals surface area contributed by atoms with Gasteiger partial charge >= 0.3 is 0 Å². The van der Waals surface area contributed by atoms with Gasteiger partial charge in [-0.05, 0) is 32.6 Å². The first-order valence-electron chi connectivity index (χ1n) is 7.04. The monoisotopic (exact) mass is 241 g/mol. The largest absolute Gasteiger partial charge is 0.396 e. The summed E-state index contributed by atoms with van der Waals surface area (Å²) >= 11 is 0. The molecular formula is C14H27NO2. The lowest BCUT2D eigenvalue weighted by Gasteiger charge is -2.31. The van der Waals surface area contributed by atoms with Crippen molar-refractivity contribution < 1.29 is 9.90 Å². The minimum absolute atomic E-state index is 0.134. The highest BCUT2D eigenvalue weighted by molar-refractivity contribution is 5.79. The van der Waals surface area contributed by atoms with Crippen molar-refractivity contribution in [3.05, 3.63) is 0 Å². The van der Waals surface area contributed by atoms with E-state index in [2.05, 4.69) is 12.2 Å². The van der Waals surface area contributed by atoms with E-state index >= 15 is 0 Å². The van der Waals surface area contributed by atoms with Gasteiger partial charge in [-0.3, -0.25) is 4.79 Å². The van der Waals surface area contributed by atoms with E-state index < -0.39 is 0 Å². The van der Waals surface area contributed by atoms with Gasteiger partial charge in [0.25, 0.3) is 0 Å². The van der Waals surface area contributed by atoms with Gasteiger partial charge in [0.1, 0.15) is 0 Å². The lowest BCUT2D eigenvalue weighted by atomic mass is 9.92. The Morgan fingerprint density at radius 3 is 2.35 bits per heavy atom. The number of amides is 1. The van der Waals surface area contributed by atoms with E-state index in [1.54, 1.807) is 0 Å². The lowest BCUT2D eigenvalue weighted by Crippen LogP contribution is -2.48. The van der Waals surface area contributed by atoms with Crippen molar-refractivity contribution in [1.29, 1.82) is 0 Å². The number of hydrogen-bond donors (Lipinski definition) is 2. The third-order valence-corrected chi connectivity index (χ3v) is 4.09. The Labute approximate surface area is 105 Å². The van der Waals surface area contributed by atoms with Gasteiger partial charge < -0.3 is 10.4 Å². The zero-order valence-electron chi connectivity index (χ0n) is 11.3. The maximum atomic E-state index is 12.2. The molecule has 0 aromatic carbocycles. The third-order valence-electron chi connectivity index (χ3n) is 4.09. The van der Waals surface area contributed by atoms with Crippen molar-refractivity contribution in [1.82, 2.24) is 5.32 Å². The first-order chi connectivity index (χ1) is 8.11. The van der Waals surface area contributed by atoms with E-state index in [4.69, 9.17) is 5.11 Å². The highest BCUT2D eigenvalue weighted by Gasteiger charge is 2.28. The molecule has 2 N–H and O–H groups in total. The molecule has 3 heteroatoms. The Balaban J connectivity index is 2.50. The van der Waals surface area contributed by atoms with Crippen molar-refractivity contribution in [3.8, 4) is 0 Å². The normalized spacial score (nSPS) is 21.6. The Morgan fingerprint density at radius 1 is 1.29 bits per heavy atom. The summed E-state index contributed by atoms with van der Waals surface area (Å²) in [4.78, 5) is 12.2. The number of nitrogens with one attached hydrogen (secondary N) is 1. The fourth-order valence-corrected chi connectivity index (χ4v) is 2.52. The SMILES string of the molecule is CC[C@](C)(CCO)NC(=O)C1CCCCCC1. The topological polar surface area (TPSA) is 49.3 Å². The molecule has 0 aromatic rings. The zero-order chi connectivity index (χ0) is 12.7. The van der Waals surface area contributed by atoms with E-state index in [9.17, 15) is 4.79 Å². The molecule has 1 atom stereocenters. The molecule has 0 radical (unpaired) electrons. The molecule has 0 unspecified atom stereocenters. The molecule has 1 fully saturated rings. The van der Waals surface area contributed by atoms with Crippen LogP contribution in [0, 0.1) is 5.92 Å². The second-order valence-corrected chi connectivity index (χ2v) is 5.57. The molecule has 1 amide bonds. The Morgan fingerprint density at radius 2 is 1.88 bits per heavy atom. The van der Waals surface area contributed by atoms with Crippen molar-refractivity contribution in [3.63, 3.8) is 0 Å². The average molecular weight is 241 g/mol. The number of hydrogen-bond acceptors (Lipinski definition) is 2. The second kappa shape index (κ2) is 7.00. The van der Waals surface area contributed by atoms with Gasteiger partial charge in [0, 0.05) is 18.1 Å². The quantitative estimate of drug-likeness (QED) is 0.727. The molecule has 0 saturated heterocycles. The zero-order valence-corrected chi connectivity index (χ0v) is 11.3. The number of aliphatic hydroxyl groups is 1. The van der Waals surface area contributed by atoms with E-state index in [-0.39, 0.29) is 24.0 Å². The summed E-state index contributed by atoms with van der Waals surface area (Å²) < 4.78 is 0. The van der Waals surface area contributed by atoms with Gasteiger partial charge in [-0.25, -0.2) is 0 Å². The smallest absolute Gasteiger partial charge is 0.223 e. The summed E-state index contributed by atoms with van der Waals surface area (Å²) in [5.41, 5.74) is -0.238. The molecule has 1 rings (SSSR count). The van der Waals surface area contributed by atoms with Crippen molar-refractivity contribution in [2.75, 3.05) is 6.61 Å². The molecule has 0 aromatic heterocycles. The molecular weight excluding hydrogens is 214 g/mol.